The van der Waals surface area contributed by atoms with Crippen molar-refractivity contribution in [2.45, 2.75) is 187 Å². The maximum atomic E-state index is 11.6. The average molecular weight is 662 g/mol. The van der Waals surface area contributed by atoms with E-state index in [2.05, 4.69) is 12.2 Å². The molecule has 272 valence electrons. The van der Waals surface area contributed by atoms with Gasteiger partial charge in [-0.05, 0) is 44.3 Å². The van der Waals surface area contributed by atoms with E-state index in [4.69, 9.17) is 5.11 Å². The minimum absolute atomic E-state index is 0.214. The zero-order chi connectivity index (χ0) is 34.6. The van der Waals surface area contributed by atoms with Crippen LogP contribution in [0.5, 0.6) is 0 Å². The monoisotopic (exact) mass is 662 g/mol. The van der Waals surface area contributed by atoms with E-state index in [0.717, 1.165) is 96.3 Å². The second-order valence-corrected chi connectivity index (χ2v) is 13.4. The summed E-state index contributed by atoms with van der Waals surface area (Å²) in [5.74, 6) is -2.43. The normalized spacial score (nSPS) is 13.3. The fourth-order valence-corrected chi connectivity index (χ4v) is 6.11. The Bertz CT molecular complexity index is 823. The topological polar surface area (TPSA) is 124 Å². The van der Waals surface area contributed by atoms with Crippen LogP contribution >= 0.6 is 0 Å². The van der Waals surface area contributed by atoms with Gasteiger partial charge >= 0.3 is 17.9 Å². The molecule has 1 heterocycles. The molecule has 1 aliphatic heterocycles. The van der Waals surface area contributed by atoms with Crippen LogP contribution in [0.2, 0.25) is 0 Å². The minimum atomic E-state index is -0.679. The fourth-order valence-electron chi connectivity index (χ4n) is 6.11. The van der Waals surface area contributed by atoms with Crippen molar-refractivity contribution >= 4 is 17.9 Å². The van der Waals surface area contributed by atoms with E-state index in [0.29, 0.717) is 6.42 Å². The molecule has 0 spiro atoms. The summed E-state index contributed by atoms with van der Waals surface area (Å²) in [4.78, 5) is 33.5. The molecule has 47 heavy (non-hydrogen) atoms. The first-order valence-electron chi connectivity index (χ1n) is 19.3. The molecule has 0 bridgehead atoms. The van der Waals surface area contributed by atoms with Crippen molar-refractivity contribution in [1.82, 2.24) is 5.32 Å². The SMILES string of the molecule is C1=CC=CNC=C1.CCCCCC(CCCCCCC(CCCCCCCCCCCCCCCCCCC(=O)O)C(=O)O)C(=O)O. The Morgan fingerprint density at radius 3 is 1.04 bits per heavy atom. The number of carboxylic acids is 3. The Balaban J connectivity index is 0.00000264. The molecule has 2 atom stereocenters. The predicted octanol–water partition coefficient (Wildman–Crippen LogP) is 11.6. The van der Waals surface area contributed by atoms with Crippen molar-refractivity contribution in [1.29, 1.82) is 0 Å². The van der Waals surface area contributed by atoms with Gasteiger partial charge in [-0.2, -0.15) is 0 Å². The lowest BCUT2D eigenvalue weighted by atomic mass is 9.92. The van der Waals surface area contributed by atoms with E-state index in [1.165, 1.54) is 77.0 Å². The first-order valence-corrected chi connectivity index (χ1v) is 19.3. The molecule has 0 radical (unpaired) electrons. The Morgan fingerprint density at radius 2 is 0.745 bits per heavy atom. The summed E-state index contributed by atoms with van der Waals surface area (Å²) in [5.41, 5.74) is 0. The van der Waals surface area contributed by atoms with Gasteiger partial charge < -0.3 is 20.6 Å². The summed E-state index contributed by atoms with van der Waals surface area (Å²) in [7, 11) is 0. The molecule has 0 amide bonds. The highest BCUT2D eigenvalue weighted by Crippen LogP contribution is 2.22. The van der Waals surface area contributed by atoms with Gasteiger partial charge in [-0.15, -0.1) is 0 Å². The van der Waals surface area contributed by atoms with Crippen molar-refractivity contribution in [2.75, 3.05) is 0 Å². The van der Waals surface area contributed by atoms with Gasteiger partial charge in [-0.1, -0.05) is 160 Å². The quantitative estimate of drug-likeness (QED) is 0.0529. The third kappa shape index (κ3) is 33.1. The number of carboxylic acid groups (broad SMARTS) is 3. The van der Waals surface area contributed by atoms with Crippen LogP contribution in [-0.4, -0.2) is 33.2 Å². The van der Waals surface area contributed by atoms with E-state index in [1.54, 1.807) is 0 Å². The van der Waals surface area contributed by atoms with Crippen LogP contribution < -0.4 is 5.32 Å². The molecular formula is C40H71NO6. The summed E-state index contributed by atoms with van der Waals surface area (Å²) in [6.45, 7) is 2.13. The number of rotatable bonds is 32. The van der Waals surface area contributed by atoms with Crippen molar-refractivity contribution in [2.24, 2.45) is 11.8 Å². The second-order valence-electron chi connectivity index (χ2n) is 13.4. The first kappa shape index (κ1) is 44.4. The average Bonchev–Trinajstić information content (AvgIpc) is 3.37. The lowest BCUT2D eigenvalue weighted by Crippen LogP contribution is -2.14. The molecule has 2 unspecified atom stereocenters. The molecule has 0 saturated heterocycles. The van der Waals surface area contributed by atoms with E-state index in [9.17, 15) is 24.6 Å². The first-order chi connectivity index (χ1) is 22.9. The molecule has 4 N–H and O–H groups in total. The lowest BCUT2D eigenvalue weighted by molar-refractivity contribution is -0.143. The van der Waals surface area contributed by atoms with Crippen molar-refractivity contribution < 1.29 is 29.7 Å². The molecule has 0 aromatic heterocycles. The Hall–Kier alpha value is -2.57. The molecule has 1 rings (SSSR count). The van der Waals surface area contributed by atoms with Crippen molar-refractivity contribution in [3.63, 3.8) is 0 Å². The van der Waals surface area contributed by atoms with Crippen molar-refractivity contribution in [3.8, 4) is 0 Å². The Kier molecular flexibility index (Phi) is 32.9. The number of nitrogens with one attached hydrogen (secondary N) is 1. The maximum Gasteiger partial charge on any atom is 0.306 e. The van der Waals surface area contributed by atoms with E-state index in [1.807, 2.05) is 36.7 Å². The van der Waals surface area contributed by atoms with Crippen molar-refractivity contribution in [3.05, 3.63) is 36.7 Å². The number of allylic oxidation sites excluding steroid dienone is 4. The van der Waals surface area contributed by atoms with Gasteiger partial charge in [0.25, 0.3) is 0 Å². The van der Waals surface area contributed by atoms with Crippen LogP contribution in [-0.2, 0) is 14.4 Å². The number of carbonyl (C=O) groups is 3. The predicted molar refractivity (Wildman–Crippen MR) is 195 cm³/mol. The van der Waals surface area contributed by atoms with Crippen LogP contribution in [0.1, 0.15) is 187 Å². The number of unbranched alkanes of at least 4 members (excludes halogenated alkanes) is 20. The van der Waals surface area contributed by atoms with E-state index < -0.39 is 17.9 Å². The highest BCUT2D eigenvalue weighted by atomic mass is 16.4. The van der Waals surface area contributed by atoms with Crippen LogP contribution in [0.4, 0.5) is 0 Å². The van der Waals surface area contributed by atoms with Gasteiger partial charge in [-0.25, -0.2) is 0 Å². The summed E-state index contributed by atoms with van der Waals surface area (Å²) in [5, 5.41) is 30.5. The standard InChI is InChI=1S/C34H64O6.C6H7N/c1-2-3-20-25-30(33(37)38)27-22-18-19-23-28-31(34(39)40)26-21-16-14-12-10-8-6-4-5-7-9-11-13-15-17-24-29-32(35)36;1-2-4-6-7-5-3-1/h30-31H,2-29H2,1H3,(H,35,36)(H,37,38)(H,39,40);1-7H. The van der Waals surface area contributed by atoms with E-state index in [-0.39, 0.29) is 11.8 Å². The van der Waals surface area contributed by atoms with Crippen LogP contribution in [0.3, 0.4) is 0 Å². The third-order valence-corrected chi connectivity index (χ3v) is 9.12. The largest absolute Gasteiger partial charge is 0.481 e. The van der Waals surface area contributed by atoms with E-state index >= 15 is 0 Å². The summed E-state index contributed by atoms with van der Waals surface area (Å²) >= 11 is 0. The molecule has 0 aromatic rings. The van der Waals surface area contributed by atoms with Gasteiger partial charge in [0.2, 0.25) is 0 Å². The van der Waals surface area contributed by atoms with Crippen LogP contribution in [0.15, 0.2) is 36.7 Å². The smallest absolute Gasteiger partial charge is 0.306 e. The molecule has 0 fully saturated rings. The van der Waals surface area contributed by atoms with Gasteiger partial charge in [0, 0.05) is 18.8 Å². The van der Waals surface area contributed by atoms with Gasteiger partial charge in [0.1, 0.15) is 0 Å². The van der Waals surface area contributed by atoms with Gasteiger partial charge in [-0.3, -0.25) is 14.4 Å². The van der Waals surface area contributed by atoms with Crippen LogP contribution in [0.25, 0.3) is 0 Å². The molecular weight excluding hydrogens is 590 g/mol. The highest BCUT2D eigenvalue weighted by molar-refractivity contribution is 5.70. The molecule has 1 aliphatic rings. The Labute approximate surface area is 287 Å². The van der Waals surface area contributed by atoms with Crippen LogP contribution in [0, 0.1) is 11.8 Å². The zero-order valence-corrected chi connectivity index (χ0v) is 30.0. The third-order valence-electron chi connectivity index (χ3n) is 9.12. The second kappa shape index (κ2) is 34.8. The zero-order valence-electron chi connectivity index (χ0n) is 30.0. The van der Waals surface area contributed by atoms with Gasteiger partial charge in [0.15, 0.2) is 0 Å². The molecule has 0 saturated carbocycles. The maximum absolute atomic E-state index is 11.6. The lowest BCUT2D eigenvalue weighted by Gasteiger charge is -2.13. The molecule has 0 aliphatic carbocycles. The van der Waals surface area contributed by atoms with Gasteiger partial charge in [0.05, 0.1) is 11.8 Å². The highest BCUT2D eigenvalue weighted by Gasteiger charge is 2.18. The molecule has 0 aromatic carbocycles. The summed E-state index contributed by atoms with van der Waals surface area (Å²) in [6, 6.07) is 0. The number of aliphatic carboxylic acids is 3. The number of hydrogen-bond acceptors (Lipinski definition) is 4. The molecule has 7 heteroatoms. The summed E-state index contributed by atoms with van der Waals surface area (Å²) in [6.07, 6.45) is 41.4. The minimum Gasteiger partial charge on any atom is -0.481 e. The summed E-state index contributed by atoms with van der Waals surface area (Å²) < 4.78 is 0. The fraction of sp³-hybridized carbons (Fsp3) is 0.775. The molecule has 7 nitrogen and oxygen atoms in total. The Morgan fingerprint density at radius 1 is 0.447 bits per heavy atom. The number of hydrogen-bond donors (Lipinski definition) is 4.